The molecule has 1 aromatic carbocycles. The van der Waals surface area contributed by atoms with Gasteiger partial charge in [0.15, 0.2) is 0 Å². The van der Waals surface area contributed by atoms with Crippen LogP contribution in [0.4, 0.5) is 0 Å². The summed E-state index contributed by atoms with van der Waals surface area (Å²) < 4.78 is 2.51. The van der Waals surface area contributed by atoms with Crippen LogP contribution in [0.25, 0.3) is 10.9 Å². The minimum atomic E-state index is 0.928. The van der Waals surface area contributed by atoms with Crippen LogP contribution in [0, 0.1) is 17.8 Å². The molecule has 3 atom stereocenters. The minimum Gasteiger partial charge on any atom is -0.347 e. The number of rotatable bonds is 5. The molecule has 2 bridgehead atoms. The van der Waals surface area contributed by atoms with E-state index >= 15 is 0 Å². The van der Waals surface area contributed by atoms with E-state index in [4.69, 9.17) is 0 Å². The van der Waals surface area contributed by atoms with Crippen molar-refractivity contribution in [1.82, 2.24) is 9.88 Å². The summed E-state index contributed by atoms with van der Waals surface area (Å²) in [5.74, 6) is 2.99. The highest BCUT2D eigenvalue weighted by atomic mass is 15.0. The number of aromatic nitrogens is 1. The Morgan fingerprint density at radius 3 is 2.90 bits per heavy atom. The van der Waals surface area contributed by atoms with E-state index in [0.717, 1.165) is 30.8 Å². The molecule has 0 aliphatic heterocycles. The van der Waals surface area contributed by atoms with Gasteiger partial charge in [-0.15, -0.1) is 0 Å². The molecule has 2 saturated carbocycles. The zero-order chi connectivity index (χ0) is 14.2. The van der Waals surface area contributed by atoms with Crippen LogP contribution in [-0.4, -0.2) is 11.1 Å². The van der Waals surface area contributed by atoms with Gasteiger partial charge in [0.1, 0.15) is 0 Å². The van der Waals surface area contributed by atoms with Crippen LogP contribution < -0.4 is 5.32 Å². The van der Waals surface area contributed by atoms with Crippen molar-refractivity contribution in [2.24, 2.45) is 17.8 Å². The molecule has 0 amide bonds. The maximum Gasteiger partial charge on any atom is 0.0483 e. The second-order valence-electron chi connectivity index (χ2n) is 7.08. The number of benzene rings is 1. The second kappa shape index (κ2) is 5.49. The summed E-state index contributed by atoms with van der Waals surface area (Å²) in [6.45, 7) is 5.40. The average molecular weight is 282 g/mol. The maximum atomic E-state index is 3.43. The Kier molecular flexibility index (Phi) is 3.50. The van der Waals surface area contributed by atoms with Crippen LogP contribution in [0.3, 0.4) is 0 Å². The van der Waals surface area contributed by atoms with Gasteiger partial charge < -0.3 is 9.88 Å². The summed E-state index contributed by atoms with van der Waals surface area (Å²) in [5, 5.41) is 4.81. The third-order valence-electron chi connectivity index (χ3n) is 5.73. The van der Waals surface area contributed by atoms with Gasteiger partial charge >= 0.3 is 0 Å². The van der Waals surface area contributed by atoms with E-state index in [1.165, 1.54) is 48.7 Å². The molecule has 3 unspecified atom stereocenters. The largest absolute Gasteiger partial charge is 0.347 e. The summed E-state index contributed by atoms with van der Waals surface area (Å²) in [7, 11) is 0. The van der Waals surface area contributed by atoms with Crippen LogP contribution in [0.15, 0.2) is 30.5 Å². The molecular weight excluding hydrogens is 256 g/mol. The molecule has 21 heavy (non-hydrogen) atoms. The van der Waals surface area contributed by atoms with E-state index in [0.29, 0.717) is 0 Å². The van der Waals surface area contributed by atoms with Crippen molar-refractivity contribution in [3.8, 4) is 0 Å². The van der Waals surface area contributed by atoms with Crippen LogP contribution in [0.1, 0.15) is 38.2 Å². The smallest absolute Gasteiger partial charge is 0.0483 e. The molecule has 1 heterocycles. The zero-order valence-corrected chi connectivity index (χ0v) is 13.0. The van der Waals surface area contributed by atoms with Crippen LogP contribution in [0.5, 0.6) is 0 Å². The second-order valence-corrected chi connectivity index (χ2v) is 7.08. The predicted molar refractivity (Wildman–Crippen MR) is 88.3 cm³/mol. The molecule has 2 fully saturated rings. The molecule has 2 nitrogen and oxygen atoms in total. The van der Waals surface area contributed by atoms with Crippen molar-refractivity contribution in [3.05, 3.63) is 36.0 Å². The number of hydrogen-bond donors (Lipinski definition) is 1. The lowest BCUT2D eigenvalue weighted by molar-refractivity contribution is 0.299. The van der Waals surface area contributed by atoms with Crippen LogP contribution in [-0.2, 0) is 13.1 Å². The van der Waals surface area contributed by atoms with E-state index in [1.54, 1.807) is 0 Å². The summed E-state index contributed by atoms with van der Waals surface area (Å²) in [6.07, 6.45) is 8.27. The standard InChI is InChI=1S/C19H26N2/c1-2-20-12-15-4-5-16-7-8-21(19(16)11-15)13-18-10-14-3-6-17(18)9-14/h4-5,7-8,11,14,17-18,20H,2-3,6,9-10,12-13H2,1H3. The van der Waals surface area contributed by atoms with Gasteiger partial charge in [0, 0.05) is 24.8 Å². The molecule has 2 aromatic rings. The highest BCUT2D eigenvalue weighted by molar-refractivity contribution is 5.80. The SMILES string of the molecule is CCNCc1ccc2ccn(CC3CC4CCC3C4)c2c1. The van der Waals surface area contributed by atoms with E-state index in [2.05, 4.69) is 47.3 Å². The van der Waals surface area contributed by atoms with Gasteiger partial charge in [-0.2, -0.15) is 0 Å². The van der Waals surface area contributed by atoms with E-state index in [9.17, 15) is 0 Å². The first kappa shape index (κ1) is 13.4. The van der Waals surface area contributed by atoms with Gasteiger partial charge in [0.2, 0.25) is 0 Å². The lowest BCUT2D eigenvalue weighted by atomic mass is 9.89. The minimum absolute atomic E-state index is 0.928. The van der Waals surface area contributed by atoms with Crippen molar-refractivity contribution in [3.63, 3.8) is 0 Å². The highest BCUT2D eigenvalue weighted by Crippen LogP contribution is 2.49. The predicted octanol–water partition coefficient (Wildman–Crippen LogP) is 4.19. The van der Waals surface area contributed by atoms with Crippen molar-refractivity contribution < 1.29 is 0 Å². The van der Waals surface area contributed by atoms with Crippen molar-refractivity contribution >= 4 is 10.9 Å². The first-order chi connectivity index (χ1) is 10.3. The molecule has 1 N–H and O–H groups in total. The summed E-state index contributed by atoms with van der Waals surface area (Å²) in [5.41, 5.74) is 2.82. The Morgan fingerprint density at radius 2 is 2.14 bits per heavy atom. The van der Waals surface area contributed by atoms with Gasteiger partial charge in [-0.05, 0) is 66.6 Å². The van der Waals surface area contributed by atoms with Gasteiger partial charge in [-0.3, -0.25) is 0 Å². The van der Waals surface area contributed by atoms with Gasteiger partial charge in [0.05, 0.1) is 0 Å². The number of hydrogen-bond acceptors (Lipinski definition) is 1. The quantitative estimate of drug-likeness (QED) is 0.870. The molecule has 1 aromatic heterocycles. The topological polar surface area (TPSA) is 17.0 Å². The molecule has 0 spiro atoms. The summed E-state index contributed by atoms with van der Waals surface area (Å²) in [4.78, 5) is 0. The van der Waals surface area contributed by atoms with Crippen molar-refractivity contribution in [2.45, 2.75) is 45.7 Å². The van der Waals surface area contributed by atoms with Crippen molar-refractivity contribution in [1.29, 1.82) is 0 Å². The van der Waals surface area contributed by atoms with Gasteiger partial charge in [0.25, 0.3) is 0 Å². The van der Waals surface area contributed by atoms with E-state index in [-0.39, 0.29) is 0 Å². The molecule has 0 saturated heterocycles. The van der Waals surface area contributed by atoms with Crippen molar-refractivity contribution in [2.75, 3.05) is 6.54 Å². The Balaban J connectivity index is 1.56. The molecule has 2 aliphatic rings. The molecule has 0 radical (unpaired) electrons. The number of nitrogens with zero attached hydrogens (tertiary/aromatic N) is 1. The fourth-order valence-corrected chi connectivity index (χ4v) is 4.62. The highest BCUT2D eigenvalue weighted by Gasteiger charge is 2.39. The number of nitrogens with one attached hydrogen (secondary N) is 1. The Hall–Kier alpha value is -1.28. The third kappa shape index (κ3) is 2.50. The summed E-state index contributed by atoms with van der Waals surface area (Å²) >= 11 is 0. The zero-order valence-electron chi connectivity index (χ0n) is 13.0. The Labute approximate surface area is 127 Å². The lowest BCUT2D eigenvalue weighted by Crippen LogP contribution is -2.17. The molecule has 2 heteroatoms. The molecule has 4 rings (SSSR count). The molecule has 112 valence electrons. The normalized spacial score (nSPS) is 27.8. The average Bonchev–Trinajstić information content (AvgIpc) is 3.21. The first-order valence-electron chi connectivity index (χ1n) is 8.62. The monoisotopic (exact) mass is 282 g/mol. The number of fused-ring (bicyclic) bond motifs is 3. The third-order valence-corrected chi connectivity index (χ3v) is 5.73. The summed E-state index contributed by atoms with van der Waals surface area (Å²) in [6, 6.07) is 9.19. The Morgan fingerprint density at radius 1 is 1.19 bits per heavy atom. The fraction of sp³-hybridized carbons (Fsp3) is 0.579. The molecular formula is C19H26N2. The Bertz CT molecular complexity index is 628. The van der Waals surface area contributed by atoms with E-state index in [1.807, 2.05) is 0 Å². The molecule has 2 aliphatic carbocycles. The van der Waals surface area contributed by atoms with Gasteiger partial charge in [-0.1, -0.05) is 25.5 Å². The fourth-order valence-electron chi connectivity index (χ4n) is 4.62. The van der Waals surface area contributed by atoms with E-state index < -0.39 is 0 Å². The van der Waals surface area contributed by atoms with Crippen LogP contribution >= 0.6 is 0 Å². The van der Waals surface area contributed by atoms with Crippen LogP contribution in [0.2, 0.25) is 0 Å². The maximum absolute atomic E-state index is 3.43. The van der Waals surface area contributed by atoms with Gasteiger partial charge in [-0.25, -0.2) is 0 Å². The lowest BCUT2D eigenvalue weighted by Gasteiger charge is -2.22. The first-order valence-corrected chi connectivity index (χ1v) is 8.62.